The van der Waals surface area contributed by atoms with Crippen LogP contribution < -0.4 is 4.74 Å². The number of hydrogen-bond acceptors (Lipinski definition) is 5. The Labute approximate surface area is 223 Å². The van der Waals surface area contributed by atoms with E-state index in [0.717, 1.165) is 28.1 Å². The number of thioether (sulfide) groups is 1. The van der Waals surface area contributed by atoms with Gasteiger partial charge in [-0.3, -0.25) is 9.69 Å². The van der Waals surface area contributed by atoms with Gasteiger partial charge in [0.15, 0.2) is 0 Å². The van der Waals surface area contributed by atoms with E-state index in [2.05, 4.69) is 6.58 Å². The number of para-hydroxylation sites is 1. The predicted octanol–water partition coefficient (Wildman–Crippen LogP) is 6.64. The van der Waals surface area contributed by atoms with Crippen LogP contribution in [0.3, 0.4) is 0 Å². The third-order valence-electron chi connectivity index (χ3n) is 5.68. The highest BCUT2D eigenvalue weighted by molar-refractivity contribution is 8.26. The van der Waals surface area contributed by atoms with Gasteiger partial charge in [-0.1, -0.05) is 60.4 Å². The Balaban J connectivity index is 1.45. The topological polar surface area (TPSA) is 47.4 Å². The van der Waals surface area contributed by atoms with Crippen LogP contribution in [0.1, 0.15) is 11.1 Å². The molecule has 1 saturated heterocycles. The highest BCUT2D eigenvalue weighted by Gasteiger charge is 2.31. The Morgan fingerprint density at radius 1 is 1.03 bits per heavy atom. The molecule has 0 atom stereocenters. The summed E-state index contributed by atoms with van der Waals surface area (Å²) in [4.78, 5) is 15.0. The van der Waals surface area contributed by atoms with Crippen molar-refractivity contribution in [3.8, 4) is 22.7 Å². The fourth-order valence-electron chi connectivity index (χ4n) is 3.81. The molecular weight excluding hydrogens is 505 g/mol. The SMILES string of the molecule is C=CCN1C(=O)C(=Cc2cn(-c3ccccc3)nc2-c2ccc(OCc3ccc(F)cc3)cc2)SC1=S. The van der Waals surface area contributed by atoms with Crippen LogP contribution in [0, 0.1) is 5.82 Å². The molecule has 3 aromatic carbocycles. The molecule has 1 aliphatic heterocycles. The molecule has 1 fully saturated rings. The number of aromatic nitrogens is 2. The molecule has 5 nitrogen and oxygen atoms in total. The largest absolute Gasteiger partial charge is 0.489 e. The van der Waals surface area contributed by atoms with Gasteiger partial charge < -0.3 is 4.74 Å². The first-order chi connectivity index (χ1) is 18.0. The molecule has 4 aromatic rings. The second-order valence-electron chi connectivity index (χ2n) is 8.23. The van der Waals surface area contributed by atoms with Gasteiger partial charge >= 0.3 is 0 Å². The van der Waals surface area contributed by atoms with E-state index in [0.29, 0.717) is 28.1 Å². The lowest BCUT2D eigenvalue weighted by atomic mass is 10.1. The van der Waals surface area contributed by atoms with Crippen LogP contribution in [-0.2, 0) is 11.4 Å². The number of carbonyl (C=O) groups is 1. The van der Waals surface area contributed by atoms with Gasteiger partial charge in [-0.25, -0.2) is 9.07 Å². The lowest BCUT2D eigenvalue weighted by Crippen LogP contribution is -2.27. The number of carbonyl (C=O) groups excluding carboxylic acids is 1. The van der Waals surface area contributed by atoms with Crippen LogP contribution >= 0.6 is 24.0 Å². The molecule has 0 N–H and O–H groups in total. The number of ether oxygens (including phenoxy) is 1. The van der Waals surface area contributed by atoms with Crippen LogP contribution in [0.15, 0.2) is 103 Å². The van der Waals surface area contributed by atoms with Gasteiger partial charge in [-0.05, 0) is 60.2 Å². The first-order valence-corrected chi connectivity index (χ1v) is 12.7. The number of hydrogen-bond donors (Lipinski definition) is 0. The zero-order chi connectivity index (χ0) is 25.8. The van der Waals surface area contributed by atoms with Crippen LogP contribution in [0.5, 0.6) is 5.75 Å². The zero-order valence-corrected chi connectivity index (χ0v) is 21.3. The Morgan fingerprint density at radius 2 is 1.76 bits per heavy atom. The lowest BCUT2D eigenvalue weighted by molar-refractivity contribution is -0.121. The maximum absolute atomic E-state index is 13.1. The van der Waals surface area contributed by atoms with Crippen molar-refractivity contribution in [3.63, 3.8) is 0 Å². The van der Waals surface area contributed by atoms with Crippen molar-refractivity contribution in [1.29, 1.82) is 0 Å². The molecule has 0 aliphatic carbocycles. The van der Waals surface area contributed by atoms with Crippen LogP contribution in [0.2, 0.25) is 0 Å². The average molecular weight is 528 g/mol. The fraction of sp³-hybridized carbons (Fsp3) is 0.0690. The van der Waals surface area contributed by atoms with E-state index >= 15 is 0 Å². The van der Waals surface area contributed by atoms with Gasteiger partial charge in [0.2, 0.25) is 0 Å². The summed E-state index contributed by atoms with van der Waals surface area (Å²) in [6, 6.07) is 23.6. The van der Waals surface area contributed by atoms with Crippen molar-refractivity contribution in [3.05, 3.63) is 120 Å². The molecule has 0 saturated carbocycles. The molecule has 1 aromatic heterocycles. The summed E-state index contributed by atoms with van der Waals surface area (Å²) in [5.74, 6) is 0.266. The highest BCUT2D eigenvalue weighted by atomic mass is 32.2. The second kappa shape index (κ2) is 10.9. The molecule has 5 rings (SSSR count). The van der Waals surface area contributed by atoms with Gasteiger partial charge in [0.05, 0.1) is 16.3 Å². The second-order valence-corrected chi connectivity index (χ2v) is 9.91. The summed E-state index contributed by atoms with van der Waals surface area (Å²) in [5.41, 5.74) is 4.17. The van der Waals surface area contributed by atoms with Crippen molar-refractivity contribution in [2.45, 2.75) is 6.61 Å². The van der Waals surface area contributed by atoms with Crippen molar-refractivity contribution in [2.24, 2.45) is 0 Å². The maximum Gasteiger partial charge on any atom is 0.266 e. The maximum atomic E-state index is 13.1. The number of nitrogens with zero attached hydrogens (tertiary/aromatic N) is 3. The van der Waals surface area contributed by atoms with Crippen LogP contribution in [-0.4, -0.2) is 31.5 Å². The molecular formula is C29H22FN3O2S2. The minimum absolute atomic E-state index is 0.141. The van der Waals surface area contributed by atoms with Gasteiger partial charge in [0.25, 0.3) is 5.91 Å². The highest BCUT2D eigenvalue weighted by Crippen LogP contribution is 2.35. The third-order valence-corrected chi connectivity index (χ3v) is 7.06. The zero-order valence-electron chi connectivity index (χ0n) is 19.7. The Bertz CT molecular complexity index is 1480. The van der Waals surface area contributed by atoms with Crippen LogP contribution in [0.4, 0.5) is 4.39 Å². The molecule has 0 radical (unpaired) electrons. The van der Waals surface area contributed by atoms with E-state index in [4.69, 9.17) is 22.1 Å². The summed E-state index contributed by atoms with van der Waals surface area (Å²) >= 11 is 6.67. The lowest BCUT2D eigenvalue weighted by Gasteiger charge is -2.10. The van der Waals surface area contributed by atoms with Crippen LogP contribution in [0.25, 0.3) is 23.0 Å². The Kier molecular flexibility index (Phi) is 7.30. The molecule has 184 valence electrons. The number of halogens is 1. The fourth-order valence-corrected chi connectivity index (χ4v) is 5.08. The van der Waals surface area contributed by atoms with E-state index in [1.165, 1.54) is 28.8 Å². The molecule has 2 heterocycles. The molecule has 8 heteroatoms. The molecule has 0 spiro atoms. The number of rotatable bonds is 8. The molecule has 0 unspecified atom stereocenters. The van der Waals surface area contributed by atoms with Gasteiger partial charge in [0, 0.05) is 23.9 Å². The summed E-state index contributed by atoms with van der Waals surface area (Å²) in [5, 5.41) is 4.84. The quantitative estimate of drug-likeness (QED) is 0.146. The monoisotopic (exact) mass is 527 g/mol. The normalized spacial score (nSPS) is 14.4. The minimum atomic E-state index is -0.276. The molecule has 1 amide bonds. The molecule has 0 bridgehead atoms. The first-order valence-electron chi connectivity index (χ1n) is 11.5. The summed E-state index contributed by atoms with van der Waals surface area (Å²) in [6.45, 7) is 4.42. The standard InChI is InChI=1S/C29H22FN3O2S2/c1-2-16-32-28(34)26(37-29(32)36)17-22-18-33(24-6-4-3-5-7-24)31-27(22)21-10-14-25(15-11-21)35-19-20-8-12-23(30)13-9-20/h2-15,17-18H,1,16,19H2. The first kappa shape index (κ1) is 24.7. The third kappa shape index (κ3) is 5.55. The van der Waals surface area contributed by atoms with Gasteiger partial charge in [-0.2, -0.15) is 5.10 Å². The van der Waals surface area contributed by atoms with Crippen molar-refractivity contribution in [2.75, 3.05) is 6.54 Å². The van der Waals surface area contributed by atoms with E-state index < -0.39 is 0 Å². The van der Waals surface area contributed by atoms with E-state index in [1.54, 1.807) is 22.9 Å². The Hall–Kier alpha value is -4.01. The number of benzene rings is 3. The Morgan fingerprint density at radius 3 is 2.46 bits per heavy atom. The van der Waals surface area contributed by atoms with Crippen molar-refractivity contribution >= 4 is 40.3 Å². The predicted molar refractivity (Wildman–Crippen MR) is 150 cm³/mol. The van der Waals surface area contributed by atoms with Crippen molar-refractivity contribution in [1.82, 2.24) is 14.7 Å². The van der Waals surface area contributed by atoms with Gasteiger partial charge in [0.1, 0.15) is 22.5 Å². The smallest absolute Gasteiger partial charge is 0.266 e. The van der Waals surface area contributed by atoms with Crippen molar-refractivity contribution < 1.29 is 13.9 Å². The number of thiocarbonyl (C=S) groups is 1. The van der Waals surface area contributed by atoms with E-state index in [-0.39, 0.29) is 11.7 Å². The number of amides is 1. The summed E-state index contributed by atoms with van der Waals surface area (Å²) in [7, 11) is 0. The van der Waals surface area contributed by atoms with E-state index in [1.807, 2.05) is 66.9 Å². The average Bonchev–Trinajstić information content (AvgIpc) is 3.46. The molecule has 37 heavy (non-hydrogen) atoms. The van der Waals surface area contributed by atoms with E-state index in [9.17, 15) is 9.18 Å². The minimum Gasteiger partial charge on any atom is -0.489 e. The molecule has 1 aliphatic rings. The summed E-state index contributed by atoms with van der Waals surface area (Å²) in [6.07, 6.45) is 5.40. The summed E-state index contributed by atoms with van der Waals surface area (Å²) < 4.78 is 21.3. The van der Waals surface area contributed by atoms with Gasteiger partial charge in [-0.15, -0.1) is 6.58 Å².